The summed E-state index contributed by atoms with van der Waals surface area (Å²) >= 11 is 6.20. The summed E-state index contributed by atoms with van der Waals surface area (Å²) in [5.41, 5.74) is 2.23. The molecule has 1 fully saturated rings. The normalized spacial score (nSPS) is 17.2. The third-order valence-corrected chi connectivity index (χ3v) is 4.44. The Morgan fingerprint density at radius 1 is 1.29 bits per heavy atom. The summed E-state index contributed by atoms with van der Waals surface area (Å²) in [5, 5.41) is 4.29. The third kappa shape index (κ3) is 3.69. The van der Waals surface area contributed by atoms with E-state index in [2.05, 4.69) is 23.9 Å². The van der Waals surface area contributed by atoms with Crippen molar-refractivity contribution in [2.75, 3.05) is 6.61 Å². The molecule has 1 aromatic carbocycles. The van der Waals surface area contributed by atoms with Crippen molar-refractivity contribution in [2.45, 2.75) is 38.8 Å². The van der Waals surface area contributed by atoms with E-state index in [4.69, 9.17) is 16.3 Å². The van der Waals surface area contributed by atoms with E-state index in [-0.39, 0.29) is 16.8 Å². The van der Waals surface area contributed by atoms with Crippen LogP contribution in [0.3, 0.4) is 0 Å². The van der Waals surface area contributed by atoms with Gasteiger partial charge >= 0.3 is 0 Å². The maximum atomic E-state index is 12.4. The number of aromatic nitrogens is 2. The number of benzene rings is 1. The van der Waals surface area contributed by atoms with E-state index >= 15 is 0 Å². The molecular formula is C19H19ClN2O2. The molecule has 1 aliphatic rings. The minimum Gasteiger partial charge on any atom is -0.356 e. The van der Waals surface area contributed by atoms with Crippen LogP contribution in [-0.2, 0) is 11.2 Å². The van der Waals surface area contributed by atoms with Gasteiger partial charge in [-0.25, -0.2) is 0 Å². The number of ether oxygens (including phenoxy) is 1. The predicted octanol–water partition coefficient (Wildman–Crippen LogP) is 3.56. The monoisotopic (exact) mass is 342 g/mol. The van der Waals surface area contributed by atoms with Gasteiger partial charge in [0.05, 0.1) is 11.8 Å². The van der Waals surface area contributed by atoms with Crippen LogP contribution in [0.25, 0.3) is 0 Å². The van der Waals surface area contributed by atoms with Gasteiger partial charge < -0.3 is 4.74 Å². The first-order valence-electron chi connectivity index (χ1n) is 8.19. The summed E-state index contributed by atoms with van der Waals surface area (Å²) in [5.74, 6) is 5.96. The number of hydrogen-bond donors (Lipinski definition) is 0. The maximum absolute atomic E-state index is 12.4. The lowest BCUT2D eigenvalue weighted by Gasteiger charge is -2.23. The third-order valence-electron chi connectivity index (χ3n) is 4.08. The van der Waals surface area contributed by atoms with E-state index in [9.17, 15) is 4.79 Å². The fourth-order valence-corrected chi connectivity index (χ4v) is 2.80. The second kappa shape index (κ2) is 7.65. The summed E-state index contributed by atoms with van der Waals surface area (Å²) in [4.78, 5) is 12.4. The second-order valence-electron chi connectivity index (χ2n) is 5.74. The van der Waals surface area contributed by atoms with Crippen LogP contribution in [-0.4, -0.2) is 16.4 Å². The second-order valence-corrected chi connectivity index (χ2v) is 6.12. The fraction of sp³-hybridized carbons (Fsp3) is 0.368. The zero-order valence-corrected chi connectivity index (χ0v) is 14.3. The number of rotatable bonds is 2. The largest absolute Gasteiger partial charge is 0.356 e. The van der Waals surface area contributed by atoms with Crippen LogP contribution in [0.15, 0.2) is 35.3 Å². The van der Waals surface area contributed by atoms with Gasteiger partial charge in [0.2, 0.25) is 0 Å². The number of halogens is 1. The van der Waals surface area contributed by atoms with Crippen LogP contribution in [0.4, 0.5) is 0 Å². The lowest BCUT2D eigenvalue weighted by molar-refractivity contribution is -0.0424. The lowest BCUT2D eigenvalue weighted by atomic mass is 10.1. The van der Waals surface area contributed by atoms with Gasteiger partial charge in [0, 0.05) is 12.2 Å². The van der Waals surface area contributed by atoms with Crippen molar-refractivity contribution < 1.29 is 4.74 Å². The average Bonchev–Trinajstić information content (AvgIpc) is 2.64. The molecule has 1 unspecified atom stereocenters. The Balaban J connectivity index is 1.85. The molecule has 1 saturated heterocycles. The molecule has 0 radical (unpaired) electrons. The molecule has 0 aliphatic carbocycles. The molecule has 0 bridgehead atoms. The zero-order chi connectivity index (χ0) is 16.9. The molecule has 0 spiro atoms. The van der Waals surface area contributed by atoms with Crippen LogP contribution in [0.2, 0.25) is 5.02 Å². The standard InChI is InChI=1S/C19H19ClN2O2/c1-2-14-6-8-15(9-7-14)10-11-16-13-21-22(19(23)18(16)20)17-5-3-4-12-24-17/h6-9,13,17H,2-5,12H2,1H3. The Hall–Kier alpha value is -2.09. The van der Waals surface area contributed by atoms with Crippen molar-refractivity contribution in [3.63, 3.8) is 0 Å². The van der Waals surface area contributed by atoms with Crippen LogP contribution in [0.5, 0.6) is 0 Å². The van der Waals surface area contributed by atoms with Crippen LogP contribution in [0.1, 0.15) is 49.1 Å². The molecule has 24 heavy (non-hydrogen) atoms. The molecule has 124 valence electrons. The Labute approximate surface area is 146 Å². The molecule has 1 atom stereocenters. The summed E-state index contributed by atoms with van der Waals surface area (Å²) in [6.07, 6.45) is 5.01. The predicted molar refractivity (Wildman–Crippen MR) is 94.1 cm³/mol. The van der Waals surface area contributed by atoms with E-state index in [1.807, 2.05) is 24.3 Å². The molecule has 2 aromatic rings. The molecule has 2 heterocycles. The van der Waals surface area contributed by atoms with E-state index < -0.39 is 0 Å². The summed E-state index contributed by atoms with van der Waals surface area (Å²) in [6, 6.07) is 8.01. The molecule has 4 nitrogen and oxygen atoms in total. The van der Waals surface area contributed by atoms with Crippen molar-refractivity contribution >= 4 is 11.6 Å². The topological polar surface area (TPSA) is 44.1 Å². The molecule has 1 aliphatic heterocycles. The van der Waals surface area contributed by atoms with E-state index in [0.29, 0.717) is 12.2 Å². The Morgan fingerprint density at radius 2 is 2.08 bits per heavy atom. The fourth-order valence-electron chi connectivity index (χ4n) is 2.62. The lowest BCUT2D eigenvalue weighted by Crippen LogP contribution is -2.31. The van der Waals surface area contributed by atoms with Crippen LogP contribution < -0.4 is 5.56 Å². The van der Waals surface area contributed by atoms with Gasteiger partial charge in [-0.2, -0.15) is 9.78 Å². The molecule has 0 saturated carbocycles. The SMILES string of the molecule is CCc1ccc(C#Cc2cnn(C3CCCCO3)c(=O)c2Cl)cc1. The van der Waals surface area contributed by atoms with Gasteiger partial charge in [-0.3, -0.25) is 4.79 Å². The van der Waals surface area contributed by atoms with Gasteiger partial charge in [-0.1, -0.05) is 42.5 Å². The average molecular weight is 343 g/mol. The molecule has 5 heteroatoms. The smallest absolute Gasteiger partial charge is 0.289 e. The van der Waals surface area contributed by atoms with Gasteiger partial charge in [-0.15, -0.1) is 0 Å². The molecule has 3 rings (SSSR count). The Kier molecular flexibility index (Phi) is 5.34. The van der Waals surface area contributed by atoms with E-state index in [1.165, 1.54) is 16.4 Å². The highest BCUT2D eigenvalue weighted by Gasteiger charge is 2.19. The maximum Gasteiger partial charge on any atom is 0.289 e. The van der Waals surface area contributed by atoms with Crippen molar-refractivity contribution in [1.82, 2.24) is 9.78 Å². The first-order valence-corrected chi connectivity index (χ1v) is 8.56. The quantitative estimate of drug-likeness (QED) is 0.784. The first kappa shape index (κ1) is 16.8. The van der Waals surface area contributed by atoms with Crippen molar-refractivity contribution in [3.05, 3.63) is 62.5 Å². The number of aryl methyl sites for hydroxylation is 1. The van der Waals surface area contributed by atoms with Gasteiger partial charge in [-0.05, 0) is 43.4 Å². The molecular weight excluding hydrogens is 324 g/mol. The first-order chi connectivity index (χ1) is 11.7. The summed E-state index contributed by atoms with van der Waals surface area (Å²) < 4.78 is 6.92. The summed E-state index contributed by atoms with van der Waals surface area (Å²) in [6.45, 7) is 2.75. The minimum atomic E-state index is -0.350. The van der Waals surface area contributed by atoms with Crippen LogP contribution >= 0.6 is 11.6 Å². The number of hydrogen-bond acceptors (Lipinski definition) is 3. The van der Waals surface area contributed by atoms with E-state index in [0.717, 1.165) is 31.2 Å². The van der Waals surface area contributed by atoms with Crippen molar-refractivity contribution in [1.29, 1.82) is 0 Å². The highest BCUT2D eigenvalue weighted by molar-refractivity contribution is 6.31. The van der Waals surface area contributed by atoms with Crippen LogP contribution in [0, 0.1) is 11.8 Å². The Bertz CT molecular complexity index is 825. The summed E-state index contributed by atoms with van der Waals surface area (Å²) in [7, 11) is 0. The Morgan fingerprint density at radius 3 is 2.75 bits per heavy atom. The highest BCUT2D eigenvalue weighted by Crippen LogP contribution is 2.21. The van der Waals surface area contributed by atoms with Gasteiger partial charge in [0.1, 0.15) is 5.02 Å². The molecule has 0 amide bonds. The van der Waals surface area contributed by atoms with E-state index in [1.54, 1.807) is 0 Å². The molecule has 0 N–H and O–H groups in total. The van der Waals surface area contributed by atoms with Gasteiger partial charge in [0.25, 0.3) is 5.56 Å². The minimum absolute atomic E-state index is 0.0943. The zero-order valence-electron chi connectivity index (χ0n) is 13.6. The van der Waals surface area contributed by atoms with Crippen molar-refractivity contribution in [2.24, 2.45) is 0 Å². The van der Waals surface area contributed by atoms with Gasteiger partial charge in [0.15, 0.2) is 6.23 Å². The van der Waals surface area contributed by atoms with Crippen molar-refractivity contribution in [3.8, 4) is 11.8 Å². The molecule has 1 aromatic heterocycles. The number of nitrogens with zero attached hydrogens (tertiary/aromatic N) is 2. The highest BCUT2D eigenvalue weighted by atomic mass is 35.5.